The van der Waals surface area contributed by atoms with Gasteiger partial charge < -0.3 is 10.5 Å². The van der Waals surface area contributed by atoms with E-state index in [0.717, 1.165) is 18.8 Å². The fourth-order valence-electron chi connectivity index (χ4n) is 3.12. The molecule has 1 saturated carbocycles. The fourth-order valence-corrected chi connectivity index (χ4v) is 3.12. The van der Waals surface area contributed by atoms with Crippen LogP contribution < -0.4 is 5.73 Å². The van der Waals surface area contributed by atoms with Gasteiger partial charge in [0.1, 0.15) is 0 Å². The van der Waals surface area contributed by atoms with Gasteiger partial charge in [0.25, 0.3) is 0 Å². The van der Waals surface area contributed by atoms with Gasteiger partial charge in [-0.05, 0) is 49.3 Å². The van der Waals surface area contributed by atoms with Crippen molar-refractivity contribution in [1.29, 1.82) is 0 Å². The van der Waals surface area contributed by atoms with Crippen molar-refractivity contribution >= 4 is 0 Å². The highest BCUT2D eigenvalue weighted by Gasteiger charge is 2.34. The molecule has 106 valence electrons. The normalized spacial score (nSPS) is 27.5. The molecule has 2 unspecified atom stereocenters. The largest absolute Gasteiger partial charge is 0.369 e. The quantitative estimate of drug-likeness (QED) is 0.896. The predicted molar refractivity (Wildman–Crippen MR) is 80.1 cm³/mol. The minimum absolute atomic E-state index is 0.0868. The van der Waals surface area contributed by atoms with Gasteiger partial charge in [0, 0.05) is 6.54 Å². The second-order valence-corrected chi connectivity index (χ2v) is 6.30. The van der Waals surface area contributed by atoms with Crippen molar-refractivity contribution in [2.24, 2.45) is 11.7 Å². The molecule has 0 amide bonds. The molecule has 2 N–H and O–H groups in total. The maximum atomic E-state index is 6.25. The molecule has 1 aliphatic carbocycles. The molecule has 0 radical (unpaired) electrons. The van der Waals surface area contributed by atoms with E-state index in [-0.39, 0.29) is 5.60 Å². The van der Waals surface area contributed by atoms with Gasteiger partial charge in [0.2, 0.25) is 0 Å². The molecular weight excluding hydrogens is 234 g/mol. The molecule has 0 heterocycles. The van der Waals surface area contributed by atoms with Gasteiger partial charge in [-0.25, -0.2) is 0 Å². The van der Waals surface area contributed by atoms with Gasteiger partial charge >= 0.3 is 0 Å². The second kappa shape index (κ2) is 6.06. The summed E-state index contributed by atoms with van der Waals surface area (Å²) in [5.74, 6) is 0.733. The fraction of sp³-hybridized carbons (Fsp3) is 0.647. The average Bonchev–Trinajstić information content (AvgIpc) is 2.40. The van der Waals surface area contributed by atoms with Crippen LogP contribution in [0.2, 0.25) is 0 Å². The van der Waals surface area contributed by atoms with E-state index in [4.69, 9.17) is 10.5 Å². The zero-order valence-electron chi connectivity index (χ0n) is 12.5. The Balaban J connectivity index is 2.01. The monoisotopic (exact) mass is 261 g/mol. The molecular formula is C17H27NO. The molecule has 0 bridgehead atoms. The SMILES string of the molecule is Cc1ccc(COC2(CN)CCCC(C)C2)cc1C. The highest BCUT2D eigenvalue weighted by molar-refractivity contribution is 5.29. The Morgan fingerprint density at radius 1 is 1.32 bits per heavy atom. The van der Waals surface area contributed by atoms with Gasteiger partial charge in [-0.15, -0.1) is 0 Å². The molecule has 1 aliphatic rings. The van der Waals surface area contributed by atoms with E-state index in [0.29, 0.717) is 13.2 Å². The summed E-state index contributed by atoms with van der Waals surface area (Å²) < 4.78 is 6.25. The Morgan fingerprint density at radius 3 is 2.74 bits per heavy atom. The summed E-state index contributed by atoms with van der Waals surface area (Å²) in [5.41, 5.74) is 9.84. The molecule has 0 saturated heterocycles. The number of benzene rings is 1. The van der Waals surface area contributed by atoms with E-state index in [1.165, 1.54) is 29.5 Å². The Labute approximate surface area is 117 Å². The first-order valence-corrected chi connectivity index (χ1v) is 7.45. The van der Waals surface area contributed by atoms with Gasteiger partial charge in [-0.3, -0.25) is 0 Å². The minimum atomic E-state index is -0.0868. The average molecular weight is 261 g/mol. The number of nitrogens with two attached hydrogens (primary N) is 1. The molecule has 2 rings (SSSR count). The maximum Gasteiger partial charge on any atom is 0.0811 e. The van der Waals surface area contributed by atoms with Gasteiger partial charge in [-0.1, -0.05) is 38.0 Å². The van der Waals surface area contributed by atoms with Crippen LogP contribution in [-0.4, -0.2) is 12.1 Å². The van der Waals surface area contributed by atoms with Crippen LogP contribution in [0.25, 0.3) is 0 Å². The standard InChI is InChI=1S/C17H27NO/c1-13-5-4-8-17(10-13,12-18)19-11-16-7-6-14(2)15(3)9-16/h6-7,9,13H,4-5,8,10-12,18H2,1-3H3. The first kappa shape index (κ1) is 14.5. The van der Waals surface area contributed by atoms with Crippen LogP contribution in [0, 0.1) is 19.8 Å². The zero-order chi connectivity index (χ0) is 13.9. The summed E-state index contributed by atoms with van der Waals surface area (Å²) in [4.78, 5) is 0. The van der Waals surface area contributed by atoms with Crippen molar-refractivity contribution < 1.29 is 4.74 Å². The summed E-state index contributed by atoms with van der Waals surface area (Å²) in [5, 5.41) is 0. The lowest BCUT2D eigenvalue weighted by Crippen LogP contribution is -2.44. The number of hydrogen-bond donors (Lipinski definition) is 1. The van der Waals surface area contributed by atoms with Crippen LogP contribution in [0.1, 0.15) is 49.3 Å². The third-order valence-corrected chi connectivity index (χ3v) is 4.54. The topological polar surface area (TPSA) is 35.2 Å². The molecule has 19 heavy (non-hydrogen) atoms. The molecule has 1 aromatic carbocycles. The molecule has 1 aromatic rings. The summed E-state index contributed by atoms with van der Waals surface area (Å²) >= 11 is 0. The lowest BCUT2D eigenvalue weighted by atomic mass is 9.79. The van der Waals surface area contributed by atoms with Crippen molar-refractivity contribution in [3.05, 3.63) is 34.9 Å². The van der Waals surface area contributed by atoms with Crippen LogP contribution in [0.3, 0.4) is 0 Å². The molecule has 0 spiro atoms. The van der Waals surface area contributed by atoms with Crippen LogP contribution in [0.5, 0.6) is 0 Å². The van der Waals surface area contributed by atoms with Crippen molar-refractivity contribution in [2.45, 2.75) is 58.7 Å². The van der Waals surface area contributed by atoms with Crippen molar-refractivity contribution in [1.82, 2.24) is 0 Å². The summed E-state index contributed by atoms with van der Waals surface area (Å²) in [6, 6.07) is 6.57. The predicted octanol–water partition coefficient (Wildman–Crippen LogP) is 3.73. The van der Waals surface area contributed by atoms with Crippen LogP contribution in [-0.2, 0) is 11.3 Å². The van der Waals surface area contributed by atoms with Crippen molar-refractivity contribution in [3.63, 3.8) is 0 Å². The first-order valence-electron chi connectivity index (χ1n) is 7.45. The van der Waals surface area contributed by atoms with Gasteiger partial charge in [0.15, 0.2) is 0 Å². The van der Waals surface area contributed by atoms with E-state index < -0.39 is 0 Å². The molecule has 0 aromatic heterocycles. The van der Waals surface area contributed by atoms with Gasteiger partial charge in [0.05, 0.1) is 12.2 Å². The van der Waals surface area contributed by atoms with E-state index in [1.807, 2.05) is 0 Å². The molecule has 2 atom stereocenters. The zero-order valence-corrected chi connectivity index (χ0v) is 12.5. The van der Waals surface area contributed by atoms with Crippen molar-refractivity contribution in [3.8, 4) is 0 Å². The van der Waals surface area contributed by atoms with E-state index in [2.05, 4.69) is 39.0 Å². The lowest BCUT2D eigenvalue weighted by Gasteiger charge is -2.39. The number of rotatable bonds is 4. The van der Waals surface area contributed by atoms with E-state index >= 15 is 0 Å². The highest BCUT2D eigenvalue weighted by atomic mass is 16.5. The number of ether oxygens (including phenoxy) is 1. The van der Waals surface area contributed by atoms with E-state index in [9.17, 15) is 0 Å². The summed E-state index contributed by atoms with van der Waals surface area (Å²) in [6.45, 7) is 7.93. The highest BCUT2D eigenvalue weighted by Crippen LogP contribution is 2.35. The minimum Gasteiger partial charge on any atom is -0.369 e. The first-order chi connectivity index (χ1) is 9.04. The molecule has 1 fully saturated rings. The maximum absolute atomic E-state index is 6.25. The summed E-state index contributed by atoms with van der Waals surface area (Å²) in [7, 11) is 0. The van der Waals surface area contributed by atoms with Crippen LogP contribution in [0.4, 0.5) is 0 Å². The Hall–Kier alpha value is -0.860. The van der Waals surface area contributed by atoms with Gasteiger partial charge in [-0.2, -0.15) is 0 Å². The molecule has 2 heteroatoms. The second-order valence-electron chi connectivity index (χ2n) is 6.30. The molecule has 0 aliphatic heterocycles. The third kappa shape index (κ3) is 3.58. The Kier molecular flexibility index (Phi) is 4.64. The summed E-state index contributed by atoms with van der Waals surface area (Å²) in [6.07, 6.45) is 4.77. The van der Waals surface area contributed by atoms with Crippen molar-refractivity contribution in [2.75, 3.05) is 6.54 Å². The van der Waals surface area contributed by atoms with Crippen LogP contribution >= 0.6 is 0 Å². The number of hydrogen-bond acceptors (Lipinski definition) is 2. The smallest absolute Gasteiger partial charge is 0.0811 e. The van der Waals surface area contributed by atoms with Crippen LogP contribution in [0.15, 0.2) is 18.2 Å². The number of aryl methyl sites for hydroxylation is 2. The Morgan fingerprint density at radius 2 is 2.11 bits per heavy atom. The molecule has 2 nitrogen and oxygen atoms in total. The lowest BCUT2D eigenvalue weighted by molar-refractivity contribution is -0.0840. The Bertz CT molecular complexity index is 429. The third-order valence-electron chi connectivity index (χ3n) is 4.54. The van der Waals surface area contributed by atoms with E-state index in [1.54, 1.807) is 0 Å².